The van der Waals surface area contributed by atoms with E-state index < -0.39 is 6.03 Å². The highest BCUT2D eigenvalue weighted by molar-refractivity contribution is 6.30. The number of carbonyl (C=O) groups is 2. The summed E-state index contributed by atoms with van der Waals surface area (Å²) >= 11 is 5.79. The van der Waals surface area contributed by atoms with E-state index in [9.17, 15) is 9.59 Å². The van der Waals surface area contributed by atoms with Crippen LogP contribution in [0.3, 0.4) is 0 Å². The molecule has 2 rings (SSSR count). The van der Waals surface area contributed by atoms with Crippen molar-refractivity contribution in [1.29, 1.82) is 0 Å². The number of benzene rings is 1. The Morgan fingerprint density at radius 3 is 2.71 bits per heavy atom. The molecule has 112 valence electrons. The fourth-order valence-electron chi connectivity index (χ4n) is 2.25. The third-order valence-electron chi connectivity index (χ3n) is 3.46. The van der Waals surface area contributed by atoms with E-state index in [1.165, 1.54) is 6.08 Å². The van der Waals surface area contributed by atoms with E-state index in [1.54, 1.807) is 23.1 Å². The van der Waals surface area contributed by atoms with E-state index in [-0.39, 0.29) is 11.8 Å². The number of primary amides is 1. The van der Waals surface area contributed by atoms with Crippen molar-refractivity contribution in [3.05, 3.63) is 40.9 Å². The van der Waals surface area contributed by atoms with Gasteiger partial charge in [-0.1, -0.05) is 23.7 Å². The molecule has 0 radical (unpaired) electrons. The number of amides is 3. The van der Waals surface area contributed by atoms with E-state index in [0.29, 0.717) is 24.7 Å². The van der Waals surface area contributed by atoms with Gasteiger partial charge in [0.1, 0.15) is 0 Å². The second-order valence-corrected chi connectivity index (χ2v) is 5.51. The predicted octanol–water partition coefficient (Wildman–Crippen LogP) is 1.87. The Kier molecular flexibility index (Phi) is 5.22. The normalized spacial score (nSPS) is 18.1. The summed E-state index contributed by atoms with van der Waals surface area (Å²) in [6.07, 6.45) is 4.09. The quantitative estimate of drug-likeness (QED) is 0.833. The highest BCUT2D eigenvalue weighted by Gasteiger charge is 2.24. The number of likely N-dealkylation sites (tertiary alicyclic amines) is 1. The van der Waals surface area contributed by atoms with Crippen LogP contribution < -0.4 is 11.1 Å². The van der Waals surface area contributed by atoms with Crippen molar-refractivity contribution in [1.82, 2.24) is 10.2 Å². The zero-order valence-electron chi connectivity index (χ0n) is 11.6. The maximum absolute atomic E-state index is 11.7. The zero-order valence-corrected chi connectivity index (χ0v) is 12.3. The fourth-order valence-corrected chi connectivity index (χ4v) is 2.38. The lowest BCUT2D eigenvalue weighted by Crippen LogP contribution is -2.35. The summed E-state index contributed by atoms with van der Waals surface area (Å²) < 4.78 is 0. The van der Waals surface area contributed by atoms with Crippen LogP contribution in [0.5, 0.6) is 0 Å². The van der Waals surface area contributed by atoms with Crippen LogP contribution in [0.2, 0.25) is 5.02 Å². The lowest BCUT2D eigenvalue weighted by atomic mass is 10.1. The molecule has 3 amide bonds. The van der Waals surface area contributed by atoms with Gasteiger partial charge in [0.15, 0.2) is 0 Å². The van der Waals surface area contributed by atoms with Crippen LogP contribution >= 0.6 is 11.6 Å². The Labute approximate surface area is 128 Å². The molecule has 1 aromatic carbocycles. The van der Waals surface area contributed by atoms with Gasteiger partial charge in [0.2, 0.25) is 5.91 Å². The molecule has 1 saturated heterocycles. The van der Waals surface area contributed by atoms with Gasteiger partial charge in [-0.05, 0) is 36.1 Å². The van der Waals surface area contributed by atoms with Gasteiger partial charge in [0.05, 0.1) is 0 Å². The molecular formula is C15H18ClN3O2. The number of nitrogens with two attached hydrogens (primary N) is 1. The van der Waals surface area contributed by atoms with Crippen molar-refractivity contribution in [2.24, 2.45) is 11.7 Å². The molecule has 1 atom stereocenters. The molecule has 0 bridgehead atoms. The van der Waals surface area contributed by atoms with E-state index in [2.05, 4.69) is 5.32 Å². The Balaban J connectivity index is 1.75. The Hall–Kier alpha value is -2.01. The number of nitrogens with one attached hydrogen (secondary N) is 1. The van der Waals surface area contributed by atoms with Crippen molar-refractivity contribution < 1.29 is 9.59 Å². The SMILES string of the molecule is NC(=O)N1CCC(CNC(=O)/C=C/c2ccc(Cl)cc2)C1. The highest BCUT2D eigenvalue weighted by Crippen LogP contribution is 2.14. The fraction of sp³-hybridized carbons (Fsp3) is 0.333. The topological polar surface area (TPSA) is 75.4 Å². The molecule has 3 N–H and O–H groups in total. The summed E-state index contributed by atoms with van der Waals surface area (Å²) in [5.74, 6) is 0.118. The van der Waals surface area contributed by atoms with Gasteiger partial charge in [-0.3, -0.25) is 4.79 Å². The summed E-state index contributed by atoms with van der Waals surface area (Å²) in [7, 11) is 0. The Morgan fingerprint density at radius 1 is 1.38 bits per heavy atom. The summed E-state index contributed by atoms with van der Waals surface area (Å²) in [4.78, 5) is 24.3. The number of urea groups is 1. The van der Waals surface area contributed by atoms with Crippen LogP contribution in [0.4, 0.5) is 4.79 Å². The maximum atomic E-state index is 11.7. The van der Waals surface area contributed by atoms with Crippen molar-refractivity contribution >= 4 is 29.6 Å². The second-order valence-electron chi connectivity index (χ2n) is 5.07. The molecule has 0 aromatic heterocycles. The van der Waals surface area contributed by atoms with Gasteiger partial charge in [-0.2, -0.15) is 0 Å². The van der Waals surface area contributed by atoms with Crippen molar-refractivity contribution in [2.75, 3.05) is 19.6 Å². The summed E-state index contributed by atoms with van der Waals surface area (Å²) in [6, 6.07) is 6.83. The lowest BCUT2D eigenvalue weighted by Gasteiger charge is -2.13. The second kappa shape index (κ2) is 7.13. The molecule has 0 aliphatic carbocycles. The minimum Gasteiger partial charge on any atom is -0.352 e. The molecule has 1 fully saturated rings. The van der Waals surface area contributed by atoms with Gasteiger partial charge in [0.25, 0.3) is 0 Å². The molecule has 1 aliphatic rings. The van der Waals surface area contributed by atoms with Crippen LogP contribution in [0, 0.1) is 5.92 Å². The van der Waals surface area contributed by atoms with Gasteiger partial charge >= 0.3 is 6.03 Å². The summed E-state index contributed by atoms with van der Waals surface area (Å²) in [5.41, 5.74) is 6.13. The van der Waals surface area contributed by atoms with E-state index in [4.69, 9.17) is 17.3 Å². The van der Waals surface area contributed by atoms with Gasteiger partial charge in [-0.15, -0.1) is 0 Å². The number of rotatable bonds is 4. The van der Waals surface area contributed by atoms with Crippen LogP contribution in [0.25, 0.3) is 6.08 Å². The van der Waals surface area contributed by atoms with Crippen LogP contribution in [0.1, 0.15) is 12.0 Å². The first-order valence-electron chi connectivity index (χ1n) is 6.80. The molecule has 6 heteroatoms. The van der Waals surface area contributed by atoms with Crippen molar-refractivity contribution in [2.45, 2.75) is 6.42 Å². The maximum Gasteiger partial charge on any atom is 0.314 e. The van der Waals surface area contributed by atoms with Crippen LogP contribution in [-0.4, -0.2) is 36.5 Å². The number of hydrogen-bond donors (Lipinski definition) is 2. The van der Waals surface area contributed by atoms with Gasteiger partial charge in [-0.25, -0.2) is 4.79 Å². The minimum atomic E-state index is -0.397. The standard InChI is InChI=1S/C15H18ClN3O2/c16-13-4-1-11(2-5-13)3-6-14(20)18-9-12-7-8-19(10-12)15(17)21/h1-6,12H,7-10H2,(H2,17,21)(H,18,20)/b6-3+. The largest absolute Gasteiger partial charge is 0.352 e. The summed E-state index contributed by atoms with van der Waals surface area (Å²) in [6.45, 7) is 1.82. The molecule has 5 nitrogen and oxygen atoms in total. The average Bonchev–Trinajstić information content (AvgIpc) is 2.93. The smallest absolute Gasteiger partial charge is 0.314 e. The van der Waals surface area contributed by atoms with E-state index >= 15 is 0 Å². The average molecular weight is 308 g/mol. The molecule has 1 aromatic rings. The third kappa shape index (κ3) is 4.79. The molecule has 1 unspecified atom stereocenters. The van der Waals surface area contributed by atoms with Gasteiger partial charge in [0, 0.05) is 30.7 Å². The first kappa shape index (κ1) is 15.4. The zero-order chi connectivity index (χ0) is 15.2. The van der Waals surface area contributed by atoms with Gasteiger partial charge < -0.3 is 16.0 Å². The number of carbonyl (C=O) groups excluding carboxylic acids is 2. The molecule has 1 aliphatic heterocycles. The molecule has 0 saturated carbocycles. The third-order valence-corrected chi connectivity index (χ3v) is 3.71. The first-order valence-corrected chi connectivity index (χ1v) is 7.18. The molecule has 0 spiro atoms. The van der Waals surface area contributed by atoms with Crippen molar-refractivity contribution in [3.8, 4) is 0 Å². The van der Waals surface area contributed by atoms with Crippen LogP contribution in [0.15, 0.2) is 30.3 Å². The number of halogens is 1. The van der Waals surface area contributed by atoms with Crippen LogP contribution in [-0.2, 0) is 4.79 Å². The number of nitrogens with zero attached hydrogens (tertiary/aromatic N) is 1. The molecule has 21 heavy (non-hydrogen) atoms. The monoisotopic (exact) mass is 307 g/mol. The molecule has 1 heterocycles. The Morgan fingerprint density at radius 2 is 2.10 bits per heavy atom. The lowest BCUT2D eigenvalue weighted by molar-refractivity contribution is -0.116. The first-order chi connectivity index (χ1) is 10.0. The predicted molar refractivity (Wildman–Crippen MR) is 82.8 cm³/mol. The van der Waals surface area contributed by atoms with E-state index in [0.717, 1.165) is 12.0 Å². The van der Waals surface area contributed by atoms with Crippen molar-refractivity contribution in [3.63, 3.8) is 0 Å². The minimum absolute atomic E-state index is 0.150. The number of hydrogen-bond acceptors (Lipinski definition) is 2. The molecular weight excluding hydrogens is 290 g/mol. The summed E-state index contributed by atoms with van der Waals surface area (Å²) in [5, 5.41) is 3.50. The Bertz CT molecular complexity index is 542. The highest BCUT2D eigenvalue weighted by atomic mass is 35.5. The van der Waals surface area contributed by atoms with E-state index in [1.807, 2.05) is 12.1 Å².